The highest BCUT2D eigenvalue weighted by atomic mass is 16.1. The predicted molar refractivity (Wildman–Crippen MR) is 53.5 cm³/mol. The van der Waals surface area contributed by atoms with Gasteiger partial charge in [-0.3, -0.25) is 4.68 Å². The summed E-state index contributed by atoms with van der Waals surface area (Å²) in [4.78, 5) is 19.5. The first-order valence-corrected chi connectivity index (χ1v) is 4.19. The number of nitrogens with zero attached hydrogens (tertiary/aromatic N) is 4. The maximum atomic E-state index is 11.2. The van der Waals surface area contributed by atoms with Crippen LogP contribution in [0.25, 0.3) is 11.0 Å². The Bertz CT molecular complexity index is 524. The molecule has 0 fully saturated rings. The Morgan fingerprint density at radius 3 is 2.86 bits per heavy atom. The molecule has 0 aliphatic heterocycles. The van der Waals surface area contributed by atoms with Crippen molar-refractivity contribution < 1.29 is 0 Å². The van der Waals surface area contributed by atoms with Gasteiger partial charge >= 0.3 is 5.69 Å². The van der Waals surface area contributed by atoms with Gasteiger partial charge in [-0.25, -0.2) is 4.79 Å². The predicted octanol–water partition coefficient (Wildman–Crippen LogP) is -0.277. The fraction of sp³-hybridized carbons (Fsp3) is 0.375. The zero-order valence-electron chi connectivity index (χ0n) is 8.27. The average Bonchev–Trinajstić information content (AvgIpc) is 2.46. The van der Waals surface area contributed by atoms with Crippen LogP contribution in [0.3, 0.4) is 0 Å². The number of hydrogen-bond acceptors (Lipinski definition) is 4. The fourth-order valence-corrected chi connectivity index (χ4v) is 1.40. The molecule has 6 heteroatoms. The van der Waals surface area contributed by atoms with Crippen LogP contribution in [0.1, 0.15) is 0 Å². The van der Waals surface area contributed by atoms with Crippen LogP contribution in [0.4, 0.5) is 5.82 Å². The number of anilines is 1. The summed E-state index contributed by atoms with van der Waals surface area (Å²) in [6.07, 6.45) is 1.62. The molecule has 2 rings (SSSR count). The van der Waals surface area contributed by atoms with Gasteiger partial charge in [0.2, 0.25) is 0 Å². The number of rotatable bonds is 1. The quantitative estimate of drug-likeness (QED) is 0.676. The standard InChI is InChI=1S/C8H11N5O/c1-12(2)7-6-5(4-9-13(6)3)10-8(14)11-7/h4H,1-3H3,(H,10,11,14). The maximum Gasteiger partial charge on any atom is 0.347 e. The molecule has 0 spiro atoms. The van der Waals surface area contributed by atoms with E-state index in [-0.39, 0.29) is 5.69 Å². The van der Waals surface area contributed by atoms with E-state index >= 15 is 0 Å². The third-order valence-electron chi connectivity index (χ3n) is 2.02. The third kappa shape index (κ3) is 1.15. The molecule has 0 aliphatic carbocycles. The maximum absolute atomic E-state index is 11.2. The summed E-state index contributed by atoms with van der Waals surface area (Å²) in [5.41, 5.74) is 1.18. The summed E-state index contributed by atoms with van der Waals surface area (Å²) >= 11 is 0. The molecule has 14 heavy (non-hydrogen) atoms. The molecular weight excluding hydrogens is 182 g/mol. The van der Waals surface area contributed by atoms with Crippen LogP contribution in [-0.2, 0) is 7.05 Å². The van der Waals surface area contributed by atoms with E-state index < -0.39 is 0 Å². The first-order valence-electron chi connectivity index (χ1n) is 4.19. The zero-order valence-corrected chi connectivity index (χ0v) is 8.27. The highest BCUT2D eigenvalue weighted by Gasteiger charge is 2.10. The molecule has 0 aliphatic rings. The monoisotopic (exact) mass is 193 g/mol. The van der Waals surface area contributed by atoms with Crippen molar-refractivity contribution >= 4 is 16.9 Å². The second kappa shape index (κ2) is 2.83. The van der Waals surface area contributed by atoms with Crippen LogP contribution < -0.4 is 10.6 Å². The summed E-state index contributed by atoms with van der Waals surface area (Å²) in [6.45, 7) is 0. The number of aromatic nitrogens is 4. The number of H-pyrrole nitrogens is 1. The Labute approximate surface area is 80.2 Å². The largest absolute Gasteiger partial charge is 0.361 e. The number of nitrogens with one attached hydrogen (secondary N) is 1. The lowest BCUT2D eigenvalue weighted by Gasteiger charge is -2.11. The van der Waals surface area contributed by atoms with Crippen molar-refractivity contribution in [2.24, 2.45) is 7.05 Å². The Balaban J connectivity index is 2.90. The first kappa shape index (κ1) is 8.74. The van der Waals surface area contributed by atoms with Crippen molar-refractivity contribution in [3.05, 3.63) is 16.7 Å². The van der Waals surface area contributed by atoms with Crippen LogP contribution in [0.5, 0.6) is 0 Å². The minimum atomic E-state index is -0.353. The lowest BCUT2D eigenvalue weighted by Crippen LogP contribution is -2.19. The van der Waals surface area contributed by atoms with E-state index in [0.29, 0.717) is 11.3 Å². The Morgan fingerprint density at radius 2 is 2.21 bits per heavy atom. The van der Waals surface area contributed by atoms with Crippen molar-refractivity contribution in [1.29, 1.82) is 0 Å². The van der Waals surface area contributed by atoms with E-state index in [4.69, 9.17) is 0 Å². The average molecular weight is 193 g/mol. The summed E-state index contributed by atoms with van der Waals surface area (Å²) < 4.78 is 1.69. The van der Waals surface area contributed by atoms with Gasteiger partial charge in [0.05, 0.1) is 11.7 Å². The molecule has 0 atom stereocenters. The molecule has 1 N–H and O–H groups in total. The lowest BCUT2D eigenvalue weighted by atomic mass is 10.4. The van der Waals surface area contributed by atoms with Gasteiger partial charge in [-0.05, 0) is 0 Å². The smallest absolute Gasteiger partial charge is 0.347 e. The fourth-order valence-electron chi connectivity index (χ4n) is 1.40. The van der Waals surface area contributed by atoms with Crippen molar-refractivity contribution in [2.45, 2.75) is 0 Å². The molecule has 74 valence electrons. The molecular formula is C8H11N5O. The van der Waals surface area contributed by atoms with E-state index in [1.165, 1.54) is 0 Å². The van der Waals surface area contributed by atoms with Crippen LogP contribution in [0.15, 0.2) is 11.0 Å². The van der Waals surface area contributed by atoms with Gasteiger partial charge in [-0.15, -0.1) is 0 Å². The molecule has 0 aromatic carbocycles. The van der Waals surface area contributed by atoms with E-state index in [1.807, 2.05) is 21.1 Å². The Hall–Kier alpha value is -1.85. The van der Waals surface area contributed by atoms with Gasteiger partial charge in [0, 0.05) is 21.1 Å². The highest BCUT2D eigenvalue weighted by Crippen LogP contribution is 2.17. The lowest BCUT2D eigenvalue weighted by molar-refractivity contribution is 0.793. The minimum absolute atomic E-state index is 0.353. The summed E-state index contributed by atoms with van der Waals surface area (Å²) in [6, 6.07) is 0. The number of hydrogen-bond donors (Lipinski definition) is 1. The van der Waals surface area contributed by atoms with Crippen molar-refractivity contribution in [1.82, 2.24) is 19.7 Å². The second-order valence-corrected chi connectivity index (χ2v) is 3.29. The molecule has 6 nitrogen and oxygen atoms in total. The van der Waals surface area contributed by atoms with Crippen LogP contribution in [0, 0.1) is 0 Å². The molecule has 0 saturated heterocycles. The van der Waals surface area contributed by atoms with Gasteiger partial charge in [-0.1, -0.05) is 0 Å². The zero-order chi connectivity index (χ0) is 10.3. The molecule has 0 saturated carbocycles. The number of fused-ring (bicyclic) bond motifs is 1. The van der Waals surface area contributed by atoms with Gasteiger partial charge < -0.3 is 9.88 Å². The van der Waals surface area contributed by atoms with E-state index in [2.05, 4.69) is 15.1 Å². The molecule has 2 aromatic rings. The molecule has 0 amide bonds. The topological polar surface area (TPSA) is 66.8 Å². The van der Waals surface area contributed by atoms with Crippen LogP contribution in [-0.4, -0.2) is 33.8 Å². The van der Waals surface area contributed by atoms with E-state index in [1.54, 1.807) is 15.8 Å². The van der Waals surface area contributed by atoms with Gasteiger partial charge in [0.1, 0.15) is 5.52 Å². The van der Waals surface area contributed by atoms with Gasteiger partial charge in [0.15, 0.2) is 5.82 Å². The molecule has 2 heterocycles. The van der Waals surface area contributed by atoms with Crippen LogP contribution in [0.2, 0.25) is 0 Å². The molecule has 0 unspecified atom stereocenters. The molecule has 0 bridgehead atoms. The number of aromatic amines is 1. The summed E-state index contributed by atoms with van der Waals surface area (Å²) in [7, 11) is 5.50. The molecule has 0 radical (unpaired) electrons. The minimum Gasteiger partial charge on any atom is -0.361 e. The Morgan fingerprint density at radius 1 is 1.50 bits per heavy atom. The van der Waals surface area contributed by atoms with Crippen molar-refractivity contribution in [3.63, 3.8) is 0 Å². The van der Waals surface area contributed by atoms with Crippen molar-refractivity contribution in [2.75, 3.05) is 19.0 Å². The Kier molecular flexibility index (Phi) is 1.77. The second-order valence-electron chi connectivity index (χ2n) is 3.29. The first-order chi connectivity index (χ1) is 6.59. The van der Waals surface area contributed by atoms with E-state index in [0.717, 1.165) is 5.52 Å². The molecule has 2 aromatic heterocycles. The number of aryl methyl sites for hydroxylation is 1. The van der Waals surface area contributed by atoms with E-state index in [9.17, 15) is 4.79 Å². The third-order valence-corrected chi connectivity index (χ3v) is 2.02. The van der Waals surface area contributed by atoms with Crippen LogP contribution >= 0.6 is 0 Å². The highest BCUT2D eigenvalue weighted by molar-refractivity contribution is 5.85. The van der Waals surface area contributed by atoms with Crippen molar-refractivity contribution in [3.8, 4) is 0 Å². The van der Waals surface area contributed by atoms with Gasteiger partial charge in [0.25, 0.3) is 0 Å². The SMILES string of the molecule is CN(C)c1nc(=O)[nH]c2cnn(C)c12. The normalized spacial score (nSPS) is 10.8. The van der Waals surface area contributed by atoms with Gasteiger partial charge in [-0.2, -0.15) is 10.1 Å². The summed E-state index contributed by atoms with van der Waals surface area (Å²) in [5, 5.41) is 4.06. The summed E-state index contributed by atoms with van der Waals surface area (Å²) in [5.74, 6) is 0.628.